The molecular formula is C11H12F3NOS. The maximum absolute atomic E-state index is 12.8. The Labute approximate surface area is 103 Å². The van der Waals surface area contributed by atoms with Crippen molar-refractivity contribution in [2.24, 2.45) is 5.73 Å². The van der Waals surface area contributed by atoms with Crippen LogP contribution in [-0.4, -0.2) is 11.6 Å². The zero-order valence-corrected chi connectivity index (χ0v) is 9.99. The summed E-state index contributed by atoms with van der Waals surface area (Å²) >= 11 is 4.64. The van der Waals surface area contributed by atoms with Gasteiger partial charge in [0.05, 0.1) is 12.2 Å². The van der Waals surface area contributed by atoms with E-state index in [1.165, 1.54) is 12.1 Å². The highest BCUT2D eigenvalue weighted by atomic mass is 32.1. The van der Waals surface area contributed by atoms with Crippen molar-refractivity contribution in [3.8, 4) is 5.75 Å². The van der Waals surface area contributed by atoms with Gasteiger partial charge in [-0.3, -0.25) is 0 Å². The summed E-state index contributed by atoms with van der Waals surface area (Å²) in [5, 5.41) is 0. The van der Waals surface area contributed by atoms with E-state index in [1.54, 1.807) is 0 Å². The van der Waals surface area contributed by atoms with Crippen molar-refractivity contribution in [3.63, 3.8) is 0 Å². The first-order chi connectivity index (χ1) is 7.86. The van der Waals surface area contributed by atoms with Crippen LogP contribution in [0.1, 0.15) is 24.5 Å². The van der Waals surface area contributed by atoms with Gasteiger partial charge in [0.2, 0.25) is 0 Å². The van der Waals surface area contributed by atoms with Crippen molar-refractivity contribution in [1.82, 2.24) is 0 Å². The van der Waals surface area contributed by atoms with Gasteiger partial charge in [0.25, 0.3) is 0 Å². The molecule has 0 amide bonds. The predicted octanol–water partition coefficient (Wildman–Crippen LogP) is 3.13. The smallest absolute Gasteiger partial charge is 0.419 e. The van der Waals surface area contributed by atoms with Crippen LogP contribution in [0.4, 0.5) is 13.2 Å². The van der Waals surface area contributed by atoms with Crippen molar-refractivity contribution in [2.45, 2.75) is 19.5 Å². The Morgan fingerprint density at radius 3 is 2.53 bits per heavy atom. The number of alkyl halides is 3. The lowest BCUT2D eigenvalue weighted by atomic mass is 10.1. The van der Waals surface area contributed by atoms with E-state index < -0.39 is 11.7 Å². The zero-order chi connectivity index (χ0) is 13.1. The summed E-state index contributed by atoms with van der Waals surface area (Å²) in [5.41, 5.74) is 4.63. The minimum atomic E-state index is -4.48. The Hall–Kier alpha value is -1.30. The van der Waals surface area contributed by atoms with Crippen LogP contribution in [-0.2, 0) is 6.18 Å². The number of benzene rings is 1. The zero-order valence-electron chi connectivity index (χ0n) is 9.17. The fourth-order valence-corrected chi connectivity index (χ4v) is 1.37. The molecule has 1 aromatic carbocycles. The molecule has 6 heteroatoms. The number of hydrogen-bond acceptors (Lipinski definition) is 2. The van der Waals surface area contributed by atoms with Crippen molar-refractivity contribution in [2.75, 3.05) is 6.61 Å². The van der Waals surface area contributed by atoms with Gasteiger partial charge in [-0.15, -0.1) is 0 Å². The summed E-state index contributed by atoms with van der Waals surface area (Å²) in [6.07, 6.45) is -3.85. The molecule has 0 unspecified atom stereocenters. The Morgan fingerprint density at radius 2 is 2.06 bits per heavy atom. The maximum Gasteiger partial charge on any atom is 0.419 e. The summed E-state index contributed by atoms with van der Waals surface area (Å²) in [5.74, 6) is -0.195. The molecule has 0 aliphatic rings. The molecule has 0 spiro atoms. The van der Waals surface area contributed by atoms with Crippen LogP contribution in [0.25, 0.3) is 0 Å². The summed E-state index contributed by atoms with van der Waals surface area (Å²) in [4.78, 5) is -0.0717. The first-order valence-corrected chi connectivity index (χ1v) is 5.41. The molecule has 0 fully saturated rings. The Morgan fingerprint density at radius 1 is 1.41 bits per heavy atom. The lowest BCUT2D eigenvalue weighted by molar-refractivity contribution is -0.138. The van der Waals surface area contributed by atoms with Gasteiger partial charge in [-0.25, -0.2) is 0 Å². The number of thiocarbonyl (C=S) groups is 1. The number of nitrogens with two attached hydrogens (primary N) is 1. The van der Waals surface area contributed by atoms with Crippen LogP contribution < -0.4 is 10.5 Å². The minimum absolute atomic E-state index is 0.0717. The quantitative estimate of drug-likeness (QED) is 0.848. The highest BCUT2D eigenvalue weighted by molar-refractivity contribution is 7.80. The molecule has 2 nitrogen and oxygen atoms in total. The second-order valence-corrected chi connectivity index (χ2v) is 3.86. The molecule has 0 aliphatic carbocycles. The average Bonchev–Trinajstić information content (AvgIpc) is 2.24. The molecule has 2 N–H and O–H groups in total. The molecule has 1 rings (SSSR count). The topological polar surface area (TPSA) is 35.2 Å². The number of hydrogen-bond donors (Lipinski definition) is 1. The highest BCUT2D eigenvalue weighted by Gasteiger charge is 2.34. The van der Waals surface area contributed by atoms with Crippen molar-refractivity contribution >= 4 is 17.2 Å². The molecule has 0 bridgehead atoms. The summed E-state index contributed by atoms with van der Waals surface area (Å²) in [6, 6.07) is 3.57. The Balaban J connectivity index is 3.17. The van der Waals surface area contributed by atoms with Gasteiger partial charge in [0, 0.05) is 5.56 Å². The largest absolute Gasteiger partial charge is 0.493 e. The number of halogens is 3. The van der Waals surface area contributed by atoms with Crippen molar-refractivity contribution < 1.29 is 17.9 Å². The van der Waals surface area contributed by atoms with E-state index in [2.05, 4.69) is 12.2 Å². The van der Waals surface area contributed by atoms with Crippen LogP contribution in [0, 0.1) is 0 Å². The van der Waals surface area contributed by atoms with E-state index in [9.17, 15) is 13.2 Å². The molecule has 0 radical (unpaired) electrons. The number of ether oxygens (including phenoxy) is 1. The monoisotopic (exact) mass is 263 g/mol. The van der Waals surface area contributed by atoms with E-state index in [0.717, 1.165) is 6.07 Å². The minimum Gasteiger partial charge on any atom is -0.493 e. The molecule has 0 saturated heterocycles. The van der Waals surface area contributed by atoms with E-state index in [-0.39, 0.29) is 22.9 Å². The first kappa shape index (κ1) is 13.8. The summed E-state index contributed by atoms with van der Waals surface area (Å²) < 4.78 is 43.3. The molecule has 17 heavy (non-hydrogen) atoms. The van der Waals surface area contributed by atoms with Crippen LogP contribution >= 0.6 is 12.2 Å². The van der Waals surface area contributed by atoms with Crippen LogP contribution in [0.5, 0.6) is 5.75 Å². The van der Waals surface area contributed by atoms with E-state index in [4.69, 9.17) is 10.5 Å². The molecule has 0 aliphatic heterocycles. The van der Waals surface area contributed by atoms with E-state index in [1.807, 2.05) is 6.92 Å². The normalized spacial score (nSPS) is 11.3. The van der Waals surface area contributed by atoms with Gasteiger partial charge >= 0.3 is 6.18 Å². The van der Waals surface area contributed by atoms with Gasteiger partial charge in [-0.05, 0) is 24.6 Å². The van der Waals surface area contributed by atoms with Crippen LogP contribution in [0.15, 0.2) is 18.2 Å². The standard InChI is InChI=1S/C11H12F3NOS/c1-2-5-16-9-4-3-7(10(15)17)6-8(9)11(12,13)14/h3-4,6H,2,5H2,1H3,(H2,15,17). The van der Waals surface area contributed by atoms with Gasteiger partial charge in [-0.2, -0.15) is 13.2 Å². The SMILES string of the molecule is CCCOc1ccc(C(N)=S)cc1C(F)(F)F. The molecule has 0 aromatic heterocycles. The summed E-state index contributed by atoms with van der Waals surface area (Å²) in [6.45, 7) is 2.05. The molecule has 0 atom stereocenters. The van der Waals surface area contributed by atoms with Crippen molar-refractivity contribution in [1.29, 1.82) is 0 Å². The van der Waals surface area contributed by atoms with Crippen molar-refractivity contribution in [3.05, 3.63) is 29.3 Å². The predicted molar refractivity (Wildman–Crippen MR) is 63.1 cm³/mol. The third kappa shape index (κ3) is 3.59. The third-order valence-corrected chi connectivity index (χ3v) is 2.27. The van der Waals surface area contributed by atoms with E-state index in [0.29, 0.717) is 6.42 Å². The van der Waals surface area contributed by atoms with Crippen LogP contribution in [0.2, 0.25) is 0 Å². The maximum atomic E-state index is 12.8. The second-order valence-electron chi connectivity index (χ2n) is 3.42. The van der Waals surface area contributed by atoms with Gasteiger partial charge in [0.1, 0.15) is 10.7 Å². The highest BCUT2D eigenvalue weighted by Crippen LogP contribution is 2.36. The average molecular weight is 263 g/mol. The molecule has 0 heterocycles. The Kier molecular flexibility index (Phi) is 4.34. The fraction of sp³-hybridized carbons (Fsp3) is 0.364. The van der Waals surface area contributed by atoms with Gasteiger partial charge in [0.15, 0.2) is 0 Å². The molecule has 94 valence electrons. The van der Waals surface area contributed by atoms with E-state index >= 15 is 0 Å². The lowest BCUT2D eigenvalue weighted by Crippen LogP contribution is -2.14. The van der Waals surface area contributed by atoms with Crippen LogP contribution in [0.3, 0.4) is 0 Å². The first-order valence-electron chi connectivity index (χ1n) is 5.00. The molecular weight excluding hydrogens is 251 g/mol. The van der Waals surface area contributed by atoms with Gasteiger partial charge in [-0.1, -0.05) is 19.1 Å². The summed E-state index contributed by atoms with van der Waals surface area (Å²) in [7, 11) is 0. The van der Waals surface area contributed by atoms with Gasteiger partial charge < -0.3 is 10.5 Å². The molecule has 1 aromatic rings. The fourth-order valence-electron chi connectivity index (χ4n) is 1.24. The third-order valence-electron chi connectivity index (χ3n) is 2.03. The second kappa shape index (κ2) is 5.35. The Bertz CT molecular complexity index is 418. The number of rotatable bonds is 4. The lowest BCUT2D eigenvalue weighted by Gasteiger charge is -2.14. The molecule has 0 saturated carbocycles.